The molecule has 0 saturated carbocycles. The maximum atomic E-state index is 12.1. The number of hydrogen-bond donors (Lipinski definition) is 1. The van der Waals surface area contributed by atoms with Crippen LogP contribution in [0.5, 0.6) is 5.75 Å². The Balaban J connectivity index is 1.43. The van der Waals surface area contributed by atoms with Gasteiger partial charge in [0.15, 0.2) is 5.82 Å². The number of ether oxygens (including phenoxy) is 1. The molecule has 0 aliphatic rings. The Morgan fingerprint density at radius 2 is 2.12 bits per heavy atom. The molecule has 3 rings (SSSR count). The Morgan fingerprint density at radius 3 is 2.92 bits per heavy atom. The summed E-state index contributed by atoms with van der Waals surface area (Å²) in [5, 5.41) is 7.13. The maximum absolute atomic E-state index is 12.1. The van der Waals surface area contributed by atoms with Crippen molar-refractivity contribution in [1.29, 1.82) is 0 Å². The minimum absolute atomic E-state index is 0.00638. The van der Waals surface area contributed by atoms with Gasteiger partial charge in [0.05, 0.1) is 6.61 Å². The molecule has 0 atom stereocenters. The van der Waals surface area contributed by atoms with Crippen LogP contribution in [0.4, 0.5) is 0 Å². The van der Waals surface area contributed by atoms with Crippen LogP contribution in [0.1, 0.15) is 24.0 Å². The highest BCUT2D eigenvalue weighted by atomic mass is 16.5. The Bertz CT molecular complexity index is 847. The zero-order chi connectivity index (χ0) is 18.2. The van der Waals surface area contributed by atoms with Gasteiger partial charge in [-0.25, -0.2) is 9.67 Å². The summed E-state index contributed by atoms with van der Waals surface area (Å²) in [4.78, 5) is 16.4. The molecule has 1 amide bonds. The summed E-state index contributed by atoms with van der Waals surface area (Å²) in [6.45, 7) is 2.96. The molecule has 2 heterocycles. The molecule has 3 aromatic rings. The van der Waals surface area contributed by atoms with Crippen LogP contribution in [0, 0.1) is 6.92 Å². The quantitative estimate of drug-likeness (QED) is 0.634. The maximum Gasteiger partial charge on any atom is 0.220 e. The Labute approximate surface area is 152 Å². The second-order valence-electron chi connectivity index (χ2n) is 5.98. The van der Waals surface area contributed by atoms with E-state index in [1.165, 1.54) is 0 Å². The van der Waals surface area contributed by atoms with Gasteiger partial charge in [0.1, 0.15) is 5.75 Å². The van der Waals surface area contributed by atoms with Gasteiger partial charge in [-0.3, -0.25) is 4.79 Å². The zero-order valence-electron chi connectivity index (χ0n) is 14.8. The van der Waals surface area contributed by atoms with Gasteiger partial charge in [-0.1, -0.05) is 18.2 Å². The largest absolute Gasteiger partial charge is 0.494 e. The van der Waals surface area contributed by atoms with Gasteiger partial charge in [-0.2, -0.15) is 5.10 Å². The molecule has 0 unspecified atom stereocenters. The number of nitrogens with one attached hydrogen (secondary N) is 1. The predicted octanol–water partition coefficient (Wildman–Crippen LogP) is 3.05. The minimum atomic E-state index is -0.00638. The topological polar surface area (TPSA) is 69.0 Å². The van der Waals surface area contributed by atoms with Crippen LogP contribution in [-0.4, -0.2) is 27.3 Å². The van der Waals surface area contributed by atoms with Gasteiger partial charge in [0, 0.05) is 37.1 Å². The molecule has 0 aliphatic heterocycles. The van der Waals surface area contributed by atoms with E-state index >= 15 is 0 Å². The number of hydrogen-bond acceptors (Lipinski definition) is 4. The lowest BCUT2D eigenvalue weighted by Gasteiger charge is -2.10. The van der Waals surface area contributed by atoms with E-state index in [0.29, 0.717) is 26.0 Å². The highest BCUT2D eigenvalue weighted by Gasteiger charge is 2.08. The van der Waals surface area contributed by atoms with Crippen molar-refractivity contribution >= 4 is 5.91 Å². The molecule has 6 heteroatoms. The molecule has 2 aromatic heterocycles. The summed E-state index contributed by atoms with van der Waals surface area (Å²) in [7, 11) is 0. The van der Waals surface area contributed by atoms with Gasteiger partial charge in [0.2, 0.25) is 5.91 Å². The number of rotatable bonds is 8. The Hall–Kier alpha value is -3.15. The lowest BCUT2D eigenvalue weighted by atomic mass is 10.2. The molecule has 6 nitrogen and oxygen atoms in total. The summed E-state index contributed by atoms with van der Waals surface area (Å²) in [5.41, 5.74) is 2.07. The minimum Gasteiger partial charge on any atom is -0.494 e. The van der Waals surface area contributed by atoms with E-state index in [2.05, 4.69) is 15.4 Å². The zero-order valence-corrected chi connectivity index (χ0v) is 14.8. The van der Waals surface area contributed by atoms with Crippen LogP contribution in [0.15, 0.2) is 61.1 Å². The fourth-order valence-corrected chi connectivity index (χ4v) is 2.58. The van der Waals surface area contributed by atoms with Crippen molar-refractivity contribution in [2.24, 2.45) is 0 Å². The van der Waals surface area contributed by atoms with Gasteiger partial charge in [-0.15, -0.1) is 0 Å². The molecular formula is C20H22N4O2. The number of nitrogens with zero attached hydrogens (tertiary/aromatic N) is 3. The molecular weight excluding hydrogens is 328 g/mol. The third-order valence-corrected chi connectivity index (χ3v) is 3.87. The van der Waals surface area contributed by atoms with E-state index < -0.39 is 0 Å². The van der Waals surface area contributed by atoms with E-state index in [1.807, 2.05) is 55.6 Å². The summed E-state index contributed by atoms with van der Waals surface area (Å²) >= 11 is 0. The van der Waals surface area contributed by atoms with Crippen molar-refractivity contribution < 1.29 is 9.53 Å². The molecule has 1 aromatic carbocycles. The van der Waals surface area contributed by atoms with Crippen molar-refractivity contribution in [1.82, 2.24) is 20.1 Å². The van der Waals surface area contributed by atoms with Crippen LogP contribution >= 0.6 is 0 Å². The summed E-state index contributed by atoms with van der Waals surface area (Å²) in [6.07, 6.45) is 6.33. The number of amides is 1. The Morgan fingerprint density at radius 1 is 1.19 bits per heavy atom. The molecule has 0 spiro atoms. The highest BCUT2D eigenvalue weighted by Crippen LogP contribution is 2.13. The molecule has 1 N–H and O–H groups in total. The fourth-order valence-electron chi connectivity index (χ4n) is 2.58. The van der Waals surface area contributed by atoms with Crippen molar-refractivity contribution in [3.05, 3.63) is 72.2 Å². The second-order valence-corrected chi connectivity index (χ2v) is 5.98. The predicted molar refractivity (Wildman–Crippen MR) is 99.1 cm³/mol. The molecule has 0 radical (unpaired) electrons. The second kappa shape index (κ2) is 8.80. The smallest absolute Gasteiger partial charge is 0.220 e. The van der Waals surface area contributed by atoms with Crippen molar-refractivity contribution in [2.75, 3.05) is 6.61 Å². The molecule has 0 bridgehead atoms. The van der Waals surface area contributed by atoms with E-state index in [4.69, 9.17) is 4.74 Å². The lowest BCUT2D eigenvalue weighted by molar-refractivity contribution is -0.121. The molecule has 26 heavy (non-hydrogen) atoms. The van der Waals surface area contributed by atoms with Gasteiger partial charge in [-0.05, 0) is 43.2 Å². The van der Waals surface area contributed by atoms with Gasteiger partial charge >= 0.3 is 0 Å². The number of carbonyl (C=O) groups excluding carboxylic acids is 1. The van der Waals surface area contributed by atoms with Crippen LogP contribution in [0.25, 0.3) is 5.82 Å². The highest BCUT2D eigenvalue weighted by molar-refractivity contribution is 5.75. The monoisotopic (exact) mass is 350 g/mol. The Kier molecular flexibility index (Phi) is 5.98. The molecule has 0 fully saturated rings. The van der Waals surface area contributed by atoms with Crippen LogP contribution in [-0.2, 0) is 11.3 Å². The number of aryl methyl sites for hydroxylation is 1. The number of benzene rings is 1. The van der Waals surface area contributed by atoms with E-state index in [-0.39, 0.29) is 5.91 Å². The van der Waals surface area contributed by atoms with E-state index in [0.717, 1.165) is 22.7 Å². The first-order valence-corrected chi connectivity index (χ1v) is 8.62. The normalized spacial score (nSPS) is 10.5. The first kappa shape index (κ1) is 17.7. The third-order valence-electron chi connectivity index (χ3n) is 3.87. The average molecular weight is 350 g/mol. The fraction of sp³-hybridized carbons (Fsp3) is 0.250. The number of pyridine rings is 1. The third kappa shape index (κ3) is 4.92. The summed E-state index contributed by atoms with van der Waals surface area (Å²) < 4.78 is 7.36. The van der Waals surface area contributed by atoms with Crippen molar-refractivity contribution in [3.63, 3.8) is 0 Å². The molecule has 0 aliphatic carbocycles. The van der Waals surface area contributed by atoms with E-state index in [1.54, 1.807) is 17.1 Å². The average Bonchev–Trinajstić information content (AvgIpc) is 3.18. The van der Waals surface area contributed by atoms with Gasteiger partial charge < -0.3 is 10.1 Å². The molecule has 0 saturated heterocycles. The standard InChI is InChI=1S/C20H22N4O2/c1-16-6-2-8-18(14-16)26-13-4-9-19(25)22-15-17-7-3-10-21-20(17)24-12-5-11-23-24/h2-3,5-8,10-12,14H,4,9,13,15H2,1H3,(H,22,25). The SMILES string of the molecule is Cc1cccc(OCCCC(=O)NCc2cccnc2-n2cccn2)c1. The first-order chi connectivity index (χ1) is 12.7. The van der Waals surface area contributed by atoms with Crippen LogP contribution in [0.3, 0.4) is 0 Å². The van der Waals surface area contributed by atoms with Crippen LogP contribution in [0.2, 0.25) is 0 Å². The van der Waals surface area contributed by atoms with Crippen molar-refractivity contribution in [2.45, 2.75) is 26.3 Å². The summed E-state index contributed by atoms with van der Waals surface area (Å²) in [5.74, 6) is 1.55. The number of aromatic nitrogens is 3. The lowest BCUT2D eigenvalue weighted by Crippen LogP contribution is -2.24. The first-order valence-electron chi connectivity index (χ1n) is 8.62. The van der Waals surface area contributed by atoms with Gasteiger partial charge in [0.25, 0.3) is 0 Å². The van der Waals surface area contributed by atoms with Crippen LogP contribution < -0.4 is 10.1 Å². The summed E-state index contributed by atoms with van der Waals surface area (Å²) in [6, 6.07) is 13.5. The van der Waals surface area contributed by atoms with E-state index in [9.17, 15) is 4.79 Å². The molecule has 134 valence electrons. The van der Waals surface area contributed by atoms with Crippen molar-refractivity contribution in [3.8, 4) is 11.6 Å². The number of carbonyl (C=O) groups is 1.